The molecule has 0 spiro atoms. The first-order chi connectivity index (χ1) is 15.7. The van der Waals surface area contributed by atoms with Crippen LogP contribution in [0.15, 0.2) is 89.7 Å². The molecule has 5 rings (SSSR count). The number of amides is 2. The summed E-state index contributed by atoms with van der Waals surface area (Å²) in [5, 5.41) is 3.06. The van der Waals surface area contributed by atoms with Crippen molar-refractivity contribution in [2.24, 2.45) is 5.92 Å². The van der Waals surface area contributed by atoms with Crippen LogP contribution in [0.2, 0.25) is 0 Å². The summed E-state index contributed by atoms with van der Waals surface area (Å²) in [5.74, 6) is 0.920. The fourth-order valence-electron chi connectivity index (χ4n) is 3.98. The molecule has 3 aromatic rings. The van der Waals surface area contributed by atoms with Crippen LogP contribution in [0.25, 0.3) is 17.0 Å². The Kier molecular flexibility index (Phi) is 5.69. The number of ether oxygens (including phenoxy) is 1. The van der Waals surface area contributed by atoms with Gasteiger partial charge >= 0.3 is 0 Å². The van der Waals surface area contributed by atoms with Gasteiger partial charge in [0.1, 0.15) is 12.4 Å². The molecule has 32 heavy (non-hydrogen) atoms. The number of rotatable bonds is 6. The molecule has 5 nitrogen and oxygen atoms in total. The van der Waals surface area contributed by atoms with Gasteiger partial charge in [-0.05, 0) is 54.0 Å². The number of imide groups is 1. The summed E-state index contributed by atoms with van der Waals surface area (Å²) < 4.78 is 8.15. The highest BCUT2D eigenvalue weighted by atomic mass is 32.2. The zero-order valence-corrected chi connectivity index (χ0v) is 18.2. The average Bonchev–Trinajstić information content (AvgIpc) is 3.32. The van der Waals surface area contributed by atoms with E-state index < -0.39 is 0 Å². The normalized spacial score (nSPS) is 19.4. The summed E-state index contributed by atoms with van der Waals surface area (Å²) in [5.41, 5.74) is 3.20. The molecule has 2 amide bonds. The van der Waals surface area contributed by atoms with E-state index in [1.165, 1.54) is 0 Å². The van der Waals surface area contributed by atoms with Crippen LogP contribution in [0.1, 0.15) is 17.5 Å². The van der Waals surface area contributed by atoms with Crippen molar-refractivity contribution in [3.05, 3.63) is 101 Å². The van der Waals surface area contributed by atoms with Gasteiger partial charge in [-0.1, -0.05) is 54.6 Å². The van der Waals surface area contributed by atoms with Gasteiger partial charge in [-0.15, -0.1) is 0 Å². The lowest BCUT2D eigenvalue weighted by Gasteiger charge is -2.18. The second kappa shape index (κ2) is 8.93. The van der Waals surface area contributed by atoms with Crippen molar-refractivity contribution in [3.8, 4) is 0 Å². The Balaban J connectivity index is 1.30. The predicted molar refractivity (Wildman–Crippen MR) is 128 cm³/mol. The zero-order chi connectivity index (χ0) is 21.9. The van der Waals surface area contributed by atoms with E-state index in [1.54, 1.807) is 6.08 Å². The summed E-state index contributed by atoms with van der Waals surface area (Å²) in [7, 11) is 0. The molecule has 1 atom stereocenters. The quantitative estimate of drug-likeness (QED) is 0.502. The molecule has 1 fully saturated rings. The minimum atomic E-state index is -0.333. The van der Waals surface area contributed by atoms with Crippen LogP contribution in [0.4, 0.5) is 4.79 Å². The Hall–Kier alpha value is -3.51. The van der Waals surface area contributed by atoms with Gasteiger partial charge in [-0.2, -0.15) is 0 Å². The molecule has 0 bridgehead atoms. The monoisotopic (exact) mass is 442 g/mol. The summed E-state index contributed by atoms with van der Waals surface area (Å²) in [6.45, 7) is 1.39. The summed E-state index contributed by atoms with van der Waals surface area (Å²) in [6, 6.07) is 18.3. The topological polar surface area (TPSA) is 60.3 Å². The minimum absolute atomic E-state index is 0.325. The first-order valence-electron chi connectivity index (χ1n) is 10.5. The Bertz CT molecular complexity index is 1270. The molecule has 1 aromatic heterocycles. The van der Waals surface area contributed by atoms with Crippen LogP contribution in [-0.2, 0) is 22.7 Å². The SMILES string of the molecule is O=C1NC(=O)/C(=C/c2cn(CC3C=CC(OCc4ccccc4)=CC3)c3ccccc23)S1. The lowest BCUT2D eigenvalue weighted by molar-refractivity contribution is -0.115. The van der Waals surface area contributed by atoms with Gasteiger partial charge < -0.3 is 9.30 Å². The smallest absolute Gasteiger partial charge is 0.290 e. The number of carbonyl (C=O) groups excluding carboxylic acids is 2. The number of nitrogens with zero attached hydrogens (tertiary/aromatic N) is 1. The lowest BCUT2D eigenvalue weighted by atomic mass is 10.00. The highest BCUT2D eigenvalue weighted by Gasteiger charge is 2.25. The molecule has 6 heteroatoms. The summed E-state index contributed by atoms with van der Waals surface area (Å²) in [6.07, 6.45) is 11.2. The number of fused-ring (bicyclic) bond motifs is 1. The Morgan fingerprint density at radius 3 is 2.66 bits per heavy atom. The third-order valence-corrected chi connectivity index (χ3v) is 6.39. The van der Waals surface area contributed by atoms with Crippen molar-refractivity contribution in [1.29, 1.82) is 0 Å². The van der Waals surface area contributed by atoms with Crippen molar-refractivity contribution in [3.63, 3.8) is 0 Å². The first kappa shape index (κ1) is 20.4. The van der Waals surface area contributed by atoms with E-state index in [0.717, 1.165) is 52.5 Å². The van der Waals surface area contributed by atoms with Crippen molar-refractivity contribution in [2.45, 2.75) is 19.6 Å². The molecule has 2 aliphatic rings. The standard InChI is InChI=1S/C26H22N2O3S/c29-25-24(32-26(30)27-25)14-20-16-28(23-9-5-4-8-22(20)23)15-18-10-12-21(13-11-18)31-17-19-6-2-1-3-7-19/h1-10,12-14,16,18H,11,15,17H2,(H,27,29,30)/b24-14-. The highest BCUT2D eigenvalue weighted by molar-refractivity contribution is 8.18. The maximum Gasteiger partial charge on any atom is 0.290 e. The number of thioether (sulfide) groups is 1. The molecular formula is C26H22N2O3S. The molecule has 2 heterocycles. The van der Waals surface area contributed by atoms with E-state index in [-0.39, 0.29) is 11.1 Å². The maximum atomic E-state index is 12.0. The second-order valence-corrected chi connectivity index (χ2v) is 8.86. The fourth-order valence-corrected chi connectivity index (χ4v) is 4.66. The number of carbonyl (C=O) groups is 2. The van der Waals surface area contributed by atoms with Gasteiger partial charge in [-0.3, -0.25) is 14.9 Å². The second-order valence-electron chi connectivity index (χ2n) is 7.84. The zero-order valence-electron chi connectivity index (χ0n) is 17.4. The number of allylic oxidation sites excluding steroid dienone is 3. The van der Waals surface area contributed by atoms with E-state index in [4.69, 9.17) is 4.74 Å². The number of aromatic nitrogens is 1. The van der Waals surface area contributed by atoms with Crippen LogP contribution in [-0.4, -0.2) is 15.7 Å². The molecule has 160 valence electrons. The van der Waals surface area contributed by atoms with Crippen LogP contribution in [0, 0.1) is 5.92 Å². The summed E-state index contributed by atoms with van der Waals surface area (Å²) >= 11 is 0.945. The third-order valence-electron chi connectivity index (χ3n) is 5.58. The minimum Gasteiger partial charge on any atom is -0.489 e. The molecular weight excluding hydrogens is 420 g/mol. The van der Waals surface area contributed by atoms with Gasteiger partial charge in [0, 0.05) is 29.2 Å². The Labute approximate surface area is 190 Å². The molecule has 1 aliphatic heterocycles. The van der Waals surface area contributed by atoms with E-state index in [9.17, 15) is 9.59 Å². The van der Waals surface area contributed by atoms with Crippen LogP contribution in [0.3, 0.4) is 0 Å². The molecule has 1 aliphatic carbocycles. The Morgan fingerprint density at radius 1 is 1.09 bits per heavy atom. The molecule has 1 unspecified atom stereocenters. The van der Waals surface area contributed by atoms with E-state index in [1.807, 2.05) is 36.4 Å². The number of hydrogen-bond acceptors (Lipinski definition) is 4. The van der Waals surface area contributed by atoms with Crippen LogP contribution < -0.4 is 5.32 Å². The summed E-state index contributed by atoms with van der Waals surface area (Å²) in [4.78, 5) is 23.9. The van der Waals surface area contributed by atoms with Crippen LogP contribution in [0.5, 0.6) is 0 Å². The van der Waals surface area contributed by atoms with Crippen LogP contribution >= 0.6 is 11.8 Å². The maximum absolute atomic E-state index is 12.0. The average molecular weight is 443 g/mol. The fraction of sp³-hybridized carbons (Fsp3) is 0.154. The van der Waals surface area contributed by atoms with Crippen molar-refractivity contribution in [1.82, 2.24) is 9.88 Å². The van der Waals surface area contributed by atoms with Crippen molar-refractivity contribution in [2.75, 3.05) is 0 Å². The van der Waals surface area contributed by atoms with E-state index in [2.05, 4.69) is 52.5 Å². The molecule has 1 N–H and O–H groups in total. The number of benzene rings is 2. The number of hydrogen-bond donors (Lipinski definition) is 1. The van der Waals surface area contributed by atoms with Crippen molar-refractivity contribution < 1.29 is 14.3 Å². The Morgan fingerprint density at radius 2 is 1.91 bits per heavy atom. The predicted octanol–water partition coefficient (Wildman–Crippen LogP) is 5.64. The van der Waals surface area contributed by atoms with Gasteiger partial charge in [0.15, 0.2) is 0 Å². The van der Waals surface area contributed by atoms with Gasteiger partial charge in [0.25, 0.3) is 11.1 Å². The lowest BCUT2D eigenvalue weighted by Crippen LogP contribution is -2.17. The number of para-hydroxylation sites is 1. The van der Waals surface area contributed by atoms with Gasteiger partial charge in [-0.25, -0.2) is 0 Å². The van der Waals surface area contributed by atoms with E-state index >= 15 is 0 Å². The number of nitrogens with one attached hydrogen (secondary N) is 1. The van der Waals surface area contributed by atoms with Crippen molar-refractivity contribution >= 4 is 39.9 Å². The molecule has 2 aromatic carbocycles. The van der Waals surface area contributed by atoms with E-state index in [0.29, 0.717) is 17.4 Å². The van der Waals surface area contributed by atoms with Gasteiger partial charge in [0.2, 0.25) is 0 Å². The molecule has 0 radical (unpaired) electrons. The third kappa shape index (κ3) is 4.41. The largest absolute Gasteiger partial charge is 0.489 e. The first-order valence-corrected chi connectivity index (χ1v) is 11.4. The van der Waals surface area contributed by atoms with Gasteiger partial charge in [0.05, 0.1) is 4.91 Å². The molecule has 0 saturated carbocycles. The highest BCUT2D eigenvalue weighted by Crippen LogP contribution is 2.31. The molecule has 1 saturated heterocycles.